The van der Waals surface area contributed by atoms with E-state index in [2.05, 4.69) is 25.6 Å². The monoisotopic (exact) mass is 412 g/mol. The number of aromatic nitrogens is 4. The summed E-state index contributed by atoms with van der Waals surface area (Å²) < 4.78 is 10.7. The van der Waals surface area contributed by atoms with Crippen LogP contribution in [0.4, 0.5) is 17.5 Å². The summed E-state index contributed by atoms with van der Waals surface area (Å²) >= 11 is 0. The van der Waals surface area contributed by atoms with Gasteiger partial charge in [0, 0.05) is 47.9 Å². The normalized spacial score (nSPS) is 11.3. The van der Waals surface area contributed by atoms with Crippen LogP contribution in [-0.2, 0) is 6.54 Å². The molecule has 4 heterocycles. The molecule has 0 amide bonds. The van der Waals surface area contributed by atoms with E-state index in [1.165, 1.54) is 0 Å². The van der Waals surface area contributed by atoms with Crippen molar-refractivity contribution >= 4 is 17.5 Å². The molecule has 4 aromatic rings. The molecule has 0 aliphatic carbocycles. The zero-order valence-corrected chi connectivity index (χ0v) is 17.1. The lowest BCUT2D eigenvalue weighted by Gasteiger charge is -2.12. The number of hydrogen-bond acceptors (Lipinski definition) is 8. The maximum absolute atomic E-state index is 5.35. The molecule has 2 N–H and O–H groups in total. The van der Waals surface area contributed by atoms with Gasteiger partial charge in [0.05, 0.1) is 31.8 Å². The van der Waals surface area contributed by atoms with E-state index in [0.717, 1.165) is 51.0 Å². The summed E-state index contributed by atoms with van der Waals surface area (Å²) in [5, 5.41) is 6.67. The Morgan fingerprint density at radius 2 is 1.74 bits per heavy atom. The van der Waals surface area contributed by atoms with E-state index in [1.807, 2.05) is 42.6 Å². The fourth-order valence-electron chi connectivity index (χ4n) is 3.57. The first-order valence-corrected chi connectivity index (χ1v) is 9.75. The van der Waals surface area contributed by atoms with Crippen LogP contribution in [0.1, 0.15) is 5.56 Å². The quantitative estimate of drug-likeness (QED) is 0.442. The highest BCUT2D eigenvalue weighted by Crippen LogP contribution is 2.41. The minimum absolute atomic E-state index is 0.519. The number of anilines is 3. The summed E-state index contributed by atoms with van der Waals surface area (Å²) in [6.45, 7) is 0.519. The van der Waals surface area contributed by atoms with Gasteiger partial charge < -0.3 is 20.1 Å². The Hall–Kier alpha value is -4.20. The minimum Gasteiger partial charge on any atom is -0.497 e. The molecule has 0 spiro atoms. The van der Waals surface area contributed by atoms with Crippen LogP contribution in [0.15, 0.2) is 61.2 Å². The third kappa shape index (κ3) is 3.59. The number of methoxy groups -OCH3 is 2. The second-order valence-electron chi connectivity index (χ2n) is 6.98. The van der Waals surface area contributed by atoms with E-state index in [0.29, 0.717) is 12.5 Å². The Bertz CT molecular complexity index is 1240. The predicted octanol–water partition coefficient (Wildman–Crippen LogP) is 4.29. The van der Waals surface area contributed by atoms with Crippen molar-refractivity contribution in [3.05, 3.63) is 66.7 Å². The summed E-state index contributed by atoms with van der Waals surface area (Å²) in [4.78, 5) is 18.1. The van der Waals surface area contributed by atoms with Crippen LogP contribution < -0.4 is 20.1 Å². The van der Waals surface area contributed by atoms with Crippen molar-refractivity contribution in [3.63, 3.8) is 0 Å². The van der Waals surface area contributed by atoms with Crippen molar-refractivity contribution < 1.29 is 9.47 Å². The molecule has 0 unspecified atom stereocenters. The van der Waals surface area contributed by atoms with Crippen molar-refractivity contribution in [1.29, 1.82) is 0 Å². The summed E-state index contributed by atoms with van der Waals surface area (Å²) in [6, 6.07) is 11.6. The van der Waals surface area contributed by atoms with E-state index >= 15 is 0 Å². The van der Waals surface area contributed by atoms with Gasteiger partial charge in [0.1, 0.15) is 17.3 Å². The smallest absolute Gasteiger partial charge is 0.223 e. The average Bonchev–Trinajstić information content (AvgIpc) is 2.96. The lowest BCUT2D eigenvalue weighted by Crippen LogP contribution is -2.05. The molecule has 0 atom stereocenters. The molecule has 8 heteroatoms. The summed E-state index contributed by atoms with van der Waals surface area (Å²) in [7, 11) is 3.27. The fourth-order valence-corrected chi connectivity index (χ4v) is 3.57. The third-order valence-electron chi connectivity index (χ3n) is 5.08. The highest BCUT2D eigenvalue weighted by molar-refractivity contribution is 5.95. The molecule has 0 fully saturated rings. The van der Waals surface area contributed by atoms with Crippen LogP contribution in [0, 0.1) is 0 Å². The van der Waals surface area contributed by atoms with Crippen molar-refractivity contribution in [3.8, 4) is 33.9 Å². The predicted molar refractivity (Wildman–Crippen MR) is 119 cm³/mol. The number of nitrogens with one attached hydrogen (secondary N) is 2. The van der Waals surface area contributed by atoms with Crippen molar-refractivity contribution in [1.82, 2.24) is 19.9 Å². The van der Waals surface area contributed by atoms with Crippen molar-refractivity contribution in [2.45, 2.75) is 6.54 Å². The van der Waals surface area contributed by atoms with Gasteiger partial charge in [-0.05, 0) is 35.9 Å². The summed E-state index contributed by atoms with van der Waals surface area (Å²) in [5.41, 5.74) is 5.48. The number of benzene rings is 1. The summed E-state index contributed by atoms with van der Waals surface area (Å²) in [5.74, 6) is 2.72. The molecule has 31 heavy (non-hydrogen) atoms. The SMILES string of the molecule is COc1cc(CNc2ncc3c(n2)-c2cccnc2Nc2cnccc2-3)cc(OC)c1. The topological polar surface area (TPSA) is 94.1 Å². The first-order valence-electron chi connectivity index (χ1n) is 9.75. The molecule has 0 bridgehead atoms. The Morgan fingerprint density at radius 3 is 2.55 bits per heavy atom. The van der Waals surface area contributed by atoms with Crippen LogP contribution in [0.5, 0.6) is 11.5 Å². The fraction of sp³-hybridized carbons (Fsp3) is 0.130. The lowest BCUT2D eigenvalue weighted by molar-refractivity contribution is 0.393. The maximum atomic E-state index is 5.35. The van der Waals surface area contributed by atoms with Gasteiger partial charge in [0.2, 0.25) is 5.95 Å². The van der Waals surface area contributed by atoms with Gasteiger partial charge in [-0.3, -0.25) is 4.98 Å². The molecule has 0 saturated carbocycles. The van der Waals surface area contributed by atoms with E-state index in [1.54, 1.807) is 32.8 Å². The molecular formula is C23H20N6O2. The standard InChI is InChI=1S/C23H20N6O2/c1-30-15-8-14(9-16(10-15)31-2)11-26-23-27-12-19-17-5-7-24-13-20(17)28-22-18(21(19)29-23)4-3-6-25-22/h3-10,12-13H,11H2,1-2H3,(H,25,28)(H,26,27,29). The Morgan fingerprint density at radius 1 is 0.903 bits per heavy atom. The van der Waals surface area contributed by atoms with Gasteiger partial charge in [0.15, 0.2) is 0 Å². The first-order chi connectivity index (χ1) is 15.2. The van der Waals surface area contributed by atoms with E-state index in [4.69, 9.17) is 14.5 Å². The number of nitrogens with zero attached hydrogens (tertiary/aromatic N) is 4. The number of pyridine rings is 2. The van der Waals surface area contributed by atoms with E-state index < -0.39 is 0 Å². The van der Waals surface area contributed by atoms with Gasteiger partial charge in [0.25, 0.3) is 0 Å². The average molecular weight is 412 g/mol. The largest absolute Gasteiger partial charge is 0.497 e. The number of rotatable bonds is 5. The van der Waals surface area contributed by atoms with Gasteiger partial charge in [-0.15, -0.1) is 0 Å². The summed E-state index contributed by atoms with van der Waals surface area (Å²) in [6.07, 6.45) is 7.13. The number of fused-ring (bicyclic) bond motifs is 5. The van der Waals surface area contributed by atoms with Crippen LogP contribution in [0.25, 0.3) is 22.4 Å². The van der Waals surface area contributed by atoms with Crippen LogP contribution in [0.3, 0.4) is 0 Å². The number of ether oxygens (including phenoxy) is 2. The van der Waals surface area contributed by atoms with Crippen molar-refractivity contribution in [2.24, 2.45) is 0 Å². The van der Waals surface area contributed by atoms with Gasteiger partial charge in [-0.25, -0.2) is 15.0 Å². The maximum Gasteiger partial charge on any atom is 0.223 e. The molecule has 154 valence electrons. The highest BCUT2D eigenvalue weighted by Gasteiger charge is 2.22. The van der Waals surface area contributed by atoms with E-state index in [9.17, 15) is 0 Å². The molecule has 1 aromatic carbocycles. The van der Waals surface area contributed by atoms with Gasteiger partial charge in [-0.1, -0.05) is 0 Å². The molecule has 0 saturated heterocycles. The highest BCUT2D eigenvalue weighted by atomic mass is 16.5. The molecular weight excluding hydrogens is 392 g/mol. The molecule has 1 aliphatic heterocycles. The zero-order valence-electron chi connectivity index (χ0n) is 17.1. The third-order valence-corrected chi connectivity index (χ3v) is 5.08. The van der Waals surface area contributed by atoms with Crippen molar-refractivity contribution in [2.75, 3.05) is 24.9 Å². The lowest BCUT2D eigenvalue weighted by atomic mass is 10.0. The first kappa shape index (κ1) is 18.8. The molecule has 5 rings (SSSR count). The number of hydrogen-bond donors (Lipinski definition) is 2. The Balaban J connectivity index is 1.52. The second-order valence-corrected chi connectivity index (χ2v) is 6.98. The van der Waals surface area contributed by atoms with Crippen LogP contribution >= 0.6 is 0 Å². The van der Waals surface area contributed by atoms with Crippen LogP contribution in [0.2, 0.25) is 0 Å². The van der Waals surface area contributed by atoms with Crippen LogP contribution in [-0.4, -0.2) is 34.2 Å². The Kier molecular flexibility index (Phi) is 4.80. The molecule has 8 nitrogen and oxygen atoms in total. The minimum atomic E-state index is 0.519. The van der Waals surface area contributed by atoms with Gasteiger partial charge >= 0.3 is 0 Å². The Labute approximate surface area is 179 Å². The second kappa shape index (κ2) is 7.91. The zero-order chi connectivity index (χ0) is 21.2. The van der Waals surface area contributed by atoms with E-state index in [-0.39, 0.29) is 0 Å². The van der Waals surface area contributed by atoms with Gasteiger partial charge in [-0.2, -0.15) is 0 Å². The molecule has 1 aliphatic rings. The molecule has 3 aromatic heterocycles. The molecule has 0 radical (unpaired) electrons.